The van der Waals surface area contributed by atoms with Crippen molar-refractivity contribution in [2.75, 3.05) is 0 Å². The number of rotatable bonds is 3. The molecule has 5 heteroatoms. The molecule has 2 aromatic rings. The van der Waals surface area contributed by atoms with E-state index in [9.17, 15) is 9.59 Å². The van der Waals surface area contributed by atoms with Crippen molar-refractivity contribution in [2.24, 2.45) is 7.05 Å². The third-order valence-corrected chi connectivity index (χ3v) is 3.15. The lowest BCUT2D eigenvalue weighted by atomic mass is 10.2. The highest BCUT2D eigenvalue weighted by molar-refractivity contribution is 6.00. The highest BCUT2D eigenvalue weighted by atomic mass is 16.4. The summed E-state index contributed by atoms with van der Waals surface area (Å²) >= 11 is 0. The van der Waals surface area contributed by atoms with Gasteiger partial charge in [0, 0.05) is 18.0 Å². The number of carbonyl (C=O) groups is 2. The molecule has 0 aliphatic rings. The molecule has 0 bridgehead atoms. The molecule has 0 radical (unpaired) electrons. The molecular weight excluding hydrogens is 244 g/mol. The van der Waals surface area contributed by atoms with Crippen LogP contribution in [0.1, 0.15) is 23.0 Å². The van der Waals surface area contributed by atoms with E-state index in [-0.39, 0.29) is 5.91 Å². The van der Waals surface area contributed by atoms with E-state index in [4.69, 9.17) is 5.11 Å². The van der Waals surface area contributed by atoms with Crippen molar-refractivity contribution in [2.45, 2.75) is 19.9 Å². The van der Waals surface area contributed by atoms with Crippen LogP contribution in [0.5, 0.6) is 0 Å². The van der Waals surface area contributed by atoms with Gasteiger partial charge in [0.05, 0.1) is 0 Å². The molecule has 1 heterocycles. The Morgan fingerprint density at radius 3 is 2.63 bits per heavy atom. The van der Waals surface area contributed by atoms with E-state index in [1.807, 2.05) is 25.1 Å². The molecular formula is C14H16N2O3. The number of carbonyl (C=O) groups excluding carboxylic acids is 1. The monoisotopic (exact) mass is 260 g/mol. The number of fused-ring (bicyclic) bond motifs is 1. The topological polar surface area (TPSA) is 71.3 Å². The molecule has 1 aromatic carbocycles. The maximum absolute atomic E-state index is 12.0. The predicted molar refractivity (Wildman–Crippen MR) is 72.2 cm³/mol. The van der Waals surface area contributed by atoms with Crippen molar-refractivity contribution in [3.05, 3.63) is 35.5 Å². The van der Waals surface area contributed by atoms with Crippen molar-refractivity contribution in [1.29, 1.82) is 0 Å². The van der Waals surface area contributed by atoms with Gasteiger partial charge in [-0.3, -0.25) is 9.59 Å². The smallest absolute Gasteiger partial charge is 0.325 e. The molecule has 0 saturated carbocycles. The lowest BCUT2D eigenvalue weighted by Crippen LogP contribution is -2.39. The summed E-state index contributed by atoms with van der Waals surface area (Å²) in [6.07, 6.45) is 0. The number of nitrogens with zero attached hydrogens (tertiary/aromatic N) is 1. The minimum absolute atomic E-state index is 0.383. The third-order valence-electron chi connectivity index (χ3n) is 3.15. The molecule has 1 amide bonds. The van der Waals surface area contributed by atoms with Crippen LogP contribution in [0.25, 0.3) is 10.9 Å². The number of hydrogen-bond donors (Lipinski definition) is 2. The Bertz CT molecular complexity index is 658. The van der Waals surface area contributed by atoms with Gasteiger partial charge in [-0.15, -0.1) is 0 Å². The first-order valence-corrected chi connectivity index (χ1v) is 6.00. The van der Waals surface area contributed by atoms with E-state index < -0.39 is 12.0 Å². The standard InChI is InChI=1S/C14H16N2O3/c1-8-4-5-11-10(6-8)7-12(16(11)3)13(17)15-9(2)14(18)19/h4-7,9H,1-3H3,(H,15,17)(H,18,19)/t9-/m0/s1. The molecule has 1 atom stereocenters. The van der Waals surface area contributed by atoms with Crippen molar-refractivity contribution >= 4 is 22.8 Å². The maximum atomic E-state index is 12.0. The van der Waals surface area contributed by atoms with Gasteiger partial charge in [0.2, 0.25) is 0 Å². The van der Waals surface area contributed by atoms with Crippen LogP contribution in [0.4, 0.5) is 0 Å². The van der Waals surface area contributed by atoms with Crippen molar-refractivity contribution in [3.63, 3.8) is 0 Å². The van der Waals surface area contributed by atoms with Crippen molar-refractivity contribution < 1.29 is 14.7 Å². The Kier molecular flexibility index (Phi) is 3.29. The molecule has 0 unspecified atom stereocenters. The van der Waals surface area contributed by atoms with E-state index in [2.05, 4.69) is 5.32 Å². The zero-order valence-electron chi connectivity index (χ0n) is 11.1. The number of carboxylic acids is 1. The number of nitrogens with one attached hydrogen (secondary N) is 1. The fraction of sp³-hybridized carbons (Fsp3) is 0.286. The van der Waals surface area contributed by atoms with Gasteiger partial charge in [0.25, 0.3) is 5.91 Å². The van der Waals surface area contributed by atoms with Gasteiger partial charge in [0.1, 0.15) is 11.7 Å². The zero-order valence-corrected chi connectivity index (χ0v) is 11.1. The summed E-state index contributed by atoms with van der Waals surface area (Å²) in [7, 11) is 1.79. The minimum Gasteiger partial charge on any atom is -0.480 e. The van der Waals surface area contributed by atoms with Gasteiger partial charge in [-0.25, -0.2) is 0 Å². The summed E-state index contributed by atoms with van der Waals surface area (Å²) in [5.74, 6) is -1.44. The molecule has 19 heavy (non-hydrogen) atoms. The summed E-state index contributed by atoms with van der Waals surface area (Å²) in [6.45, 7) is 3.42. The number of benzene rings is 1. The summed E-state index contributed by atoms with van der Waals surface area (Å²) in [5, 5.41) is 12.2. The average molecular weight is 260 g/mol. The summed E-state index contributed by atoms with van der Waals surface area (Å²) in [5.41, 5.74) is 2.51. The normalized spacial score (nSPS) is 12.4. The number of hydrogen-bond acceptors (Lipinski definition) is 2. The largest absolute Gasteiger partial charge is 0.480 e. The van der Waals surface area contributed by atoms with Crippen molar-refractivity contribution in [1.82, 2.24) is 9.88 Å². The highest BCUT2D eigenvalue weighted by Crippen LogP contribution is 2.20. The second-order valence-electron chi connectivity index (χ2n) is 4.68. The molecule has 2 rings (SSSR count). The van der Waals surface area contributed by atoms with Crippen LogP contribution in [0.15, 0.2) is 24.3 Å². The van der Waals surface area contributed by atoms with Crippen LogP contribution in [-0.4, -0.2) is 27.6 Å². The van der Waals surface area contributed by atoms with E-state index in [1.54, 1.807) is 17.7 Å². The third kappa shape index (κ3) is 2.45. The number of aryl methyl sites for hydroxylation is 2. The molecule has 0 aliphatic heterocycles. The Morgan fingerprint density at radius 2 is 2.00 bits per heavy atom. The van der Waals surface area contributed by atoms with Crippen molar-refractivity contribution in [3.8, 4) is 0 Å². The summed E-state index contributed by atoms with van der Waals surface area (Å²) in [6, 6.07) is 6.78. The number of aromatic nitrogens is 1. The van der Waals surface area contributed by atoms with Crippen LogP contribution in [0.2, 0.25) is 0 Å². The molecule has 0 spiro atoms. The molecule has 100 valence electrons. The first kappa shape index (κ1) is 13.1. The average Bonchev–Trinajstić information content (AvgIpc) is 2.66. The maximum Gasteiger partial charge on any atom is 0.325 e. The zero-order chi connectivity index (χ0) is 14.2. The fourth-order valence-electron chi connectivity index (χ4n) is 2.02. The van der Waals surface area contributed by atoms with E-state index in [0.717, 1.165) is 16.5 Å². The van der Waals surface area contributed by atoms with E-state index in [1.165, 1.54) is 6.92 Å². The number of amides is 1. The van der Waals surface area contributed by atoms with Gasteiger partial charge >= 0.3 is 5.97 Å². The first-order valence-electron chi connectivity index (χ1n) is 6.00. The molecule has 0 fully saturated rings. The molecule has 5 nitrogen and oxygen atoms in total. The SMILES string of the molecule is Cc1ccc2c(c1)cc(C(=O)N[C@@H](C)C(=O)O)n2C. The summed E-state index contributed by atoms with van der Waals surface area (Å²) < 4.78 is 1.76. The van der Waals surface area contributed by atoms with Gasteiger partial charge in [0.15, 0.2) is 0 Å². The molecule has 1 aromatic heterocycles. The Labute approximate surface area is 110 Å². The summed E-state index contributed by atoms with van der Waals surface area (Å²) in [4.78, 5) is 22.8. The lowest BCUT2D eigenvalue weighted by molar-refractivity contribution is -0.138. The van der Waals surface area contributed by atoms with Gasteiger partial charge in [-0.05, 0) is 32.0 Å². The highest BCUT2D eigenvalue weighted by Gasteiger charge is 2.18. The fourth-order valence-corrected chi connectivity index (χ4v) is 2.02. The predicted octanol–water partition coefficient (Wildman–Crippen LogP) is 1.69. The molecule has 2 N–H and O–H groups in total. The van der Waals surface area contributed by atoms with E-state index in [0.29, 0.717) is 5.69 Å². The van der Waals surface area contributed by atoms with Crippen LogP contribution < -0.4 is 5.32 Å². The van der Waals surface area contributed by atoms with Crippen LogP contribution >= 0.6 is 0 Å². The number of aliphatic carboxylic acids is 1. The van der Waals surface area contributed by atoms with Crippen LogP contribution in [-0.2, 0) is 11.8 Å². The van der Waals surface area contributed by atoms with Crippen LogP contribution in [0, 0.1) is 6.92 Å². The molecule has 0 aliphatic carbocycles. The molecule has 0 saturated heterocycles. The quantitative estimate of drug-likeness (QED) is 0.882. The second kappa shape index (κ2) is 4.76. The Balaban J connectivity index is 2.37. The van der Waals surface area contributed by atoms with Gasteiger partial charge in [-0.1, -0.05) is 11.6 Å². The minimum atomic E-state index is -1.05. The van der Waals surface area contributed by atoms with Gasteiger partial charge in [-0.2, -0.15) is 0 Å². The first-order chi connectivity index (χ1) is 8.90. The Morgan fingerprint density at radius 1 is 1.32 bits per heavy atom. The van der Waals surface area contributed by atoms with Crippen LogP contribution in [0.3, 0.4) is 0 Å². The Hall–Kier alpha value is -2.30. The van der Waals surface area contributed by atoms with E-state index >= 15 is 0 Å². The second-order valence-corrected chi connectivity index (χ2v) is 4.68. The van der Waals surface area contributed by atoms with Gasteiger partial charge < -0.3 is 15.0 Å². The lowest BCUT2D eigenvalue weighted by Gasteiger charge is -2.09. The number of carboxylic acid groups (broad SMARTS) is 1.